The second kappa shape index (κ2) is 7.77. The van der Waals surface area contributed by atoms with E-state index in [0.717, 1.165) is 52.5 Å². The van der Waals surface area contributed by atoms with Gasteiger partial charge in [0, 0.05) is 35.9 Å². The van der Waals surface area contributed by atoms with E-state index in [4.69, 9.17) is 4.98 Å². The van der Waals surface area contributed by atoms with Gasteiger partial charge in [0.05, 0.1) is 18.4 Å². The zero-order valence-corrected chi connectivity index (χ0v) is 18.2. The first-order chi connectivity index (χ1) is 16.1. The molecule has 168 valence electrons. The molecule has 3 amide bonds. The summed E-state index contributed by atoms with van der Waals surface area (Å²) in [6.45, 7) is 3.25. The number of rotatable bonds is 4. The Kier molecular flexibility index (Phi) is 4.72. The number of hydrazine groups is 1. The van der Waals surface area contributed by atoms with E-state index in [1.807, 2.05) is 18.3 Å². The minimum absolute atomic E-state index is 0.201. The number of aromatic amines is 1. The molecule has 0 bridgehead atoms. The molecule has 9 nitrogen and oxygen atoms in total. The number of hydrogen-bond acceptors (Lipinski definition) is 6. The number of likely N-dealkylation sites (tertiary alicyclic amines) is 1. The Labute approximate surface area is 190 Å². The largest absolute Gasteiger partial charge is 0.299 e. The number of nitrogens with zero attached hydrogens (tertiary/aromatic N) is 5. The van der Waals surface area contributed by atoms with E-state index in [2.05, 4.69) is 21.2 Å². The highest BCUT2D eigenvalue weighted by molar-refractivity contribution is 6.04. The lowest BCUT2D eigenvalue weighted by Crippen LogP contribution is -2.51. The van der Waals surface area contributed by atoms with Crippen molar-refractivity contribution in [3.05, 3.63) is 47.2 Å². The zero-order chi connectivity index (χ0) is 22.5. The topological polar surface area (TPSA) is 102 Å². The second-order valence-corrected chi connectivity index (χ2v) is 8.97. The molecule has 2 aromatic heterocycles. The van der Waals surface area contributed by atoms with Crippen molar-refractivity contribution in [1.82, 2.24) is 30.1 Å². The Balaban J connectivity index is 1.34. The summed E-state index contributed by atoms with van der Waals surface area (Å²) in [6, 6.07) is 7.69. The third-order valence-electron chi connectivity index (χ3n) is 6.78. The van der Waals surface area contributed by atoms with Crippen molar-refractivity contribution in [3.8, 4) is 11.3 Å². The van der Waals surface area contributed by atoms with Crippen LogP contribution >= 0.6 is 0 Å². The Morgan fingerprint density at radius 1 is 0.970 bits per heavy atom. The molecule has 0 radical (unpaired) electrons. The molecule has 0 atom stereocenters. The number of imide groups is 1. The third kappa shape index (κ3) is 3.39. The van der Waals surface area contributed by atoms with Crippen molar-refractivity contribution in [2.24, 2.45) is 0 Å². The van der Waals surface area contributed by atoms with E-state index in [-0.39, 0.29) is 37.1 Å². The van der Waals surface area contributed by atoms with Crippen LogP contribution in [0, 0.1) is 0 Å². The maximum Gasteiger partial charge on any atom is 0.273 e. The van der Waals surface area contributed by atoms with E-state index in [0.29, 0.717) is 12.0 Å². The number of nitrogens with one attached hydrogen (secondary N) is 1. The van der Waals surface area contributed by atoms with Gasteiger partial charge in [-0.2, -0.15) is 10.1 Å². The van der Waals surface area contributed by atoms with Crippen molar-refractivity contribution in [1.29, 1.82) is 0 Å². The smallest absolute Gasteiger partial charge is 0.273 e. The maximum absolute atomic E-state index is 13.0. The number of piperidine rings is 1. The summed E-state index contributed by atoms with van der Waals surface area (Å²) in [7, 11) is 0. The first kappa shape index (κ1) is 20.0. The van der Waals surface area contributed by atoms with Crippen LogP contribution in [0.5, 0.6) is 0 Å². The first-order valence-electron chi connectivity index (χ1n) is 11.4. The van der Waals surface area contributed by atoms with E-state index in [9.17, 15) is 14.4 Å². The van der Waals surface area contributed by atoms with Crippen molar-refractivity contribution in [2.45, 2.75) is 45.2 Å². The molecule has 1 N–H and O–H groups in total. The van der Waals surface area contributed by atoms with Gasteiger partial charge in [-0.15, -0.1) is 0 Å². The average Bonchev–Trinajstić information content (AvgIpc) is 3.55. The van der Waals surface area contributed by atoms with Crippen LogP contribution < -0.4 is 0 Å². The molecule has 2 saturated heterocycles. The van der Waals surface area contributed by atoms with E-state index < -0.39 is 0 Å². The van der Waals surface area contributed by atoms with Gasteiger partial charge in [-0.1, -0.05) is 6.07 Å². The van der Waals surface area contributed by atoms with Gasteiger partial charge in [0.2, 0.25) is 11.8 Å². The van der Waals surface area contributed by atoms with Gasteiger partial charge in [0.25, 0.3) is 5.91 Å². The highest BCUT2D eigenvalue weighted by atomic mass is 16.2. The summed E-state index contributed by atoms with van der Waals surface area (Å²) in [5.74, 6) is -0.942. The van der Waals surface area contributed by atoms with Gasteiger partial charge in [0.1, 0.15) is 0 Å². The Morgan fingerprint density at radius 3 is 2.55 bits per heavy atom. The number of H-pyrrole nitrogens is 1. The van der Waals surface area contributed by atoms with Crippen molar-refractivity contribution >= 4 is 28.8 Å². The molecular formula is C24H24N6O3. The van der Waals surface area contributed by atoms with Crippen LogP contribution in [0.25, 0.3) is 22.3 Å². The molecule has 9 heteroatoms. The molecule has 1 aromatic carbocycles. The molecule has 0 aliphatic carbocycles. The van der Waals surface area contributed by atoms with Crippen LogP contribution in [-0.2, 0) is 22.7 Å². The van der Waals surface area contributed by atoms with Gasteiger partial charge >= 0.3 is 0 Å². The summed E-state index contributed by atoms with van der Waals surface area (Å²) in [5.41, 5.74) is 4.91. The number of benzene rings is 1. The lowest BCUT2D eigenvalue weighted by atomic mass is 10.0. The lowest BCUT2D eigenvalue weighted by Gasteiger charge is -2.32. The summed E-state index contributed by atoms with van der Waals surface area (Å²) >= 11 is 0. The molecule has 0 saturated carbocycles. The fourth-order valence-corrected chi connectivity index (χ4v) is 5.09. The molecule has 3 aliphatic rings. The molecule has 6 rings (SSSR count). The van der Waals surface area contributed by atoms with Crippen LogP contribution in [0.4, 0.5) is 0 Å². The van der Waals surface area contributed by atoms with Gasteiger partial charge in [-0.25, -0.2) is 9.99 Å². The number of carbonyl (C=O) groups excluding carboxylic acids is 3. The Bertz CT molecular complexity index is 1280. The number of carbonyl (C=O) groups is 3. The van der Waals surface area contributed by atoms with Crippen LogP contribution in [0.15, 0.2) is 30.5 Å². The second-order valence-electron chi connectivity index (χ2n) is 8.97. The predicted molar refractivity (Wildman–Crippen MR) is 119 cm³/mol. The standard InChI is InChI=1S/C24H24N6O3/c31-21-4-3-5-22(32)30(21)29-14-16-10-15(6-7-18(16)24(29)33)20-11-17(13-28-8-1-2-9-28)19-12-25-27-23(19)26-20/h6-7,10-12H,1-5,8-9,13-14H2,(H,25,26,27). The molecule has 5 heterocycles. The number of fused-ring (bicyclic) bond motifs is 2. The maximum atomic E-state index is 13.0. The van der Waals surface area contributed by atoms with Crippen LogP contribution in [0.1, 0.15) is 53.6 Å². The van der Waals surface area contributed by atoms with E-state index in [1.54, 1.807) is 6.07 Å². The molecule has 0 spiro atoms. The van der Waals surface area contributed by atoms with Gasteiger partial charge in [0.15, 0.2) is 5.65 Å². The fourth-order valence-electron chi connectivity index (χ4n) is 5.09. The number of amides is 3. The van der Waals surface area contributed by atoms with Gasteiger partial charge in [-0.3, -0.25) is 24.4 Å². The number of pyridine rings is 1. The van der Waals surface area contributed by atoms with Crippen molar-refractivity contribution in [3.63, 3.8) is 0 Å². The molecule has 0 unspecified atom stereocenters. The SMILES string of the molecule is O=C1c2ccc(-c3cc(CN4CCCC4)c4cn[nH]c4n3)cc2CN1N1C(=O)CCCC1=O. The molecule has 33 heavy (non-hydrogen) atoms. The molecule has 3 aromatic rings. The summed E-state index contributed by atoms with van der Waals surface area (Å²) in [6.07, 6.45) is 5.38. The van der Waals surface area contributed by atoms with Crippen LogP contribution in [-0.4, -0.2) is 60.9 Å². The monoisotopic (exact) mass is 444 g/mol. The average molecular weight is 444 g/mol. The van der Waals surface area contributed by atoms with Crippen molar-refractivity contribution in [2.75, 3.05) is 13.1 Å². The number of hydrogen-bond donors (Lipinski definition) is 1. The fraction of sp³-hybridized carbons (Fsp3) is 0.375. The lowest BCUT2D eigenvalue weighted by molar-refractivity contribution is -0.163. The first-order valence-corrected chi connectivity index (χ1v) is 11.4. The zero-order valence-electron chi connectivity index (χ0n) is 18.2. The summed E-state index contributed by atoms with van der Waals surface area (Å²) in [4.78, 5) is 44.9. The normalized spacial score (nSPS) is 19.2. The van der Waals surface area contributed by atoms with E-state index in [1.165, 1.54) is 23.4 Å². The third-order valence-corrected chi connectivity index (χ3v) is 6.78. The minimum Gasteiger partial charge on any atom is -0.299 e. The Morgan fingerprint density at radius 2 is 1.76 bits per heavy atom. The van der Waals surface area contributed by atoms with Crippen molar-refractivity contribution < 1.29 is 14.4 Å². The molecule has 3 aliphatic heterocycles. The van der Waals surface area contributed by atoms with Gasteiger partial charge in [-0.05, 0) is 61.7 Å². The Hall–Kier alpha value is -3.59. The minimum atomic E-state index is -0.314. The van der Waals surface area contributed by atoms with E-state index >= 15 is 0 Å². The van der Waals surface area contributed by atoms with Crippen LogP contribution in [0.2, 0.25) is 0 Å². The summed E-state index contributed by atoms with van der Waals surface area (Å²) < 4.78 is 0. The highest BCUT2D eigenvalue weighted by Gasteiger charge is 2.39. The predicted octanol–water partition coefficient (Wildman–Crippen LogP) is 2.63. The molecular weight excluding hydrogens is 420 g/mol. The highest BCUT2D eigenvalue weighted by Crippen LogP contribution is 2.32. The van der Waals surface area contributed by atoms with Gasteiger partial charge < -0.3 is 0 Å². The number of aromatic nitrogens is 3. The van der Waals surface area contributed by atoms with Crippen LogP contribution in [0.3, 0.4) is 0 Å². The summed E-state index contributed by atoms with van der Waals surface area (Å²) in [5, 5.41) is 10.5. The molecule has 2 fully saturated rings. The quantitative estimate of drug-likeness (QED) is 0.621.